The van der Waals surface area contributed by atoms with E-state index in [2.05, 4.69) is 5.32 Å². The molecule has 3 aromatic rings. The van der Waals surface area contributed by atoms with Gasteiger partial charge in [-0.15, -0.1) is 0 Å². The summed E-state index contributed by atoms with van der Waals surface area (Å²) in [4.78, 5) is 27.9. The van der Waals surface area contributed by atoms with Gasteiger partial charge in [0, 0.05) is 42.3 Å². The van der Waals surface area contributed by atoms with Crippen LogP contribution in [0.1, 0.15) is 61.0 Å². The highest BCUT2D eigenvalue weighted by atomic mass is 16.6. The molecule has 0 spiro atoms. The zero-order chi connectivity index (χ0) is 26.9. The third-order valence-electron chi connectivity index (χ3n) is 6.01. The van der Waals surface area contributed by atoms with Crippen molar-refractivity contribution in [2.24, 2.45) is 5.73 Å². The van der Waals surface area contributed by atoms with Gasteiger partial charge in [0.1, 0.15) is 16.9 Å². The second kappa shape index (κ2) is 10.0. The molecule has 1 aliphatic rings. The first kappa shape index (κ1) is 25.8. The number of ether oxygens (including phenoxy) is 1. The van der Waals surface area contributed by atoms with Crippen LogP contribution in [0.15, 0.2) is 81.9 Å². The molecule has 0 amide bonds. The highest BCUT2D eigenvalue weighted by Gasteiger charge is 2.22. The molecule has 2 aromatic carbocycles. The Balaban J connectivity index is 1.76. The normalized spacial score (nSPS) is 15.6. The Kier molecular flexibility index (Phi) is 6.99. The van der Waals surface area contributed by atoms with Crippen LogP contribution in [0.5, 0.6) is 0 Å². The highest BCUT2D eigenvalue weighted by Crippen LogP contribution is 2.32. The van der Waals surface area contributed by atoms with Crippen molar-refractivity contribution in [2.45, 2.75) is 46.3 Å². The molecule has 0 saturated carbocycles. The van der Waals surface area contributed by atoms with Gasteiger partial charge in [-0.25, -0.2) is 4.79 Å². The molecule has 7 heteroatoms. The fourth-order valence-electron chi connectivity index (χ4n) is 4.27. The maximum Gasteiger partial charge on any atom is 0.340 e. The number of rotatable bonds is 5. The minimum Gasteiger partial charge on any atom is -0.456 e. The van der Waals surface area contributed by atoms with Crippen molar-refractivity contribution in [1.29, 1.82) is 0 Å². The van der Waals surface area contributed by atoms with Gasteiger partial charge in [-0.2, -0.15) is 0 Å². The van der Waals surface area contributed by atoms with Gasteiger partial charge in [-0.3, -0.25) is 4.79 Å². The Hall–Kier alpha value is -4.26. The first-order chi connectivity index (χ1) is 17.5. The highest BCUT2D eigenvalue weighted by molar-refractivity contribution is 5.96. The molecule has 0 radical (unpaired) electrons. The Bertz CT molecular complexity index is 1510. The van der Waals surface area contributed by atoms with E-state index in [1.165, 1.54) is 12.3 Å². The largest absolute Gasteiger partial charge is 0.456 e. The van der Waals surface area contributed by atoms with Crippen LogP contribution in [0.3, 0.4) is 0 Å². The number of fused-ring (bicyclic) bond motifs is 1. The van der Waals surface area contributed by atoms with Crippen molar-refractivity contribution in [3.8, 4) is 0 Å². The third kappa shape index (κ3) is 5.61. The summed E-state index contributed by atoms with van der Waals surface area (Å²) in [6, 6.07) is 12.3. The summed E-state index contributed by atoms with van der Waals surface area (Å²) < 4.78 is 12.0. The number of anilines is 1. The van der Waals surface area contributed by atoms with E-state index in [-0.39, 0.29) is 11.5 Å². The van der Waals surface area contributed by atoms with Crippen molar-refractivity contribution in [3.63, 3.8) is 0 Å². The van der Waals surface area contributed by atoms with Gasteiger partial charge in [0.25, 0.3) is 0 Å². The monoisotopic (exact) mass is 499 g/mol. The predicted molar refractivity (Wildman–Crippen MR) is 148 cm³/mol. The summed E-state index contributed by atoms with van der Waals surface area (Å²) in [5.41, 5.74) is 9.85. The lowest BCUT2D eigenvalue weighted by atomic mass is 10.00. The molecule has 0 aliphatic carbocycles. The smallest absolute Gasteiger partial charge is 0.340 e. The van der Waals surface area contributed by atoms with Gasteiger partial charge in [0.15, 0.2) is 5.43 Å². The van der Waals surface area contributed by atoms with Crippen molar-refractivity contribution in [1.82, 2.24) is 4.90 Å². The number of esters is 1. The molecule has 1 atom stereocenters. The Morgan fingerprint density at radius 3 is 2.57 bits per heavy atom. The number of hydrogen-bond acceptors (Lipinski definition) is 7. The van der Waals surface area contributed by atoms with Crippen LogP contribution < -0.4 is 16.5 Å². The van der Waals surface area contributed by atoms with Crippen molar-refractivity contribution >= 4 is 28.2 Å². The van der Waals surface area contributed by atoms with Gasteiger partial charge >= 0.3 is 5.97 Å². The first-order valence-electron chi connectivity index (χ1n) is 12.2. The molecule has 3 N–H and O–H groups in total. The predicted octanol–water partition coefficient (Wildman–Crippen LogP) is 5.87. The van der Waals surface area contributed by atoms with E-state index >= 15 is 0 Å². The number of hydrogen-bond donors (Lipinski definition) is 2. The fraction of sp³-hybridized carbons (Fsp3) is 0.267. The standard InChI is InChI=1S/C30H33N3O4/c1-18-13-23(19(2)32-25-10-8-7-9-22(25)29(35)37-30(3,4)5)28-24(14-18)26(34)15-27(36-28)20-11-12-21(16-31)33(6)17-20/h7-17,19,32H,31H2,1-6H3/b21-16-. The number of nitrogens with zero attached hydrogens (tertiary/aromatic N) is 1. The lowest BCUT2D eigenvalue weighted by molar-refractivity contribution is 0.00706. The minimum atomic E-state index is -0.612. The number of carbonyl (C=O) groups is 1. The summed E-state index contributed by atoms with van der Waals surface area (Å²) >= 11 is 0. The summed E-state index contributed by atoms with van der Waals surface area (Å²) in [5.74, 6) is 0.0555. The molecular weight excluding hydrogens is 466 g/mol. The van der Waals surface area contributed by atoms with Crippen molar-refractivity contribution < 1.29 is 13.9 Å². The molecule has 4 rings (SSSR count). The molecule has 1 aliphatic heterocycles. The fourth-order valence-corrected chi connectivity index (χ4v) is 4.27. The van der Waals surface area contributed by atoms with E-state index in [9.17, 15) is 9.59 Å². The van der Waals surface area contributed by atoms with E-state index in [1.807, 2.05) is 89.2 Å². The molecule has 0 saturated heterocycles. The second-order valence-corrected chi connectivity index (χ2v) is 10.2. The van der Waals surface area contributed by atoms with Crippen LogP contribution in [0, 0.1) is 6.92 Å². The third-order valence-corrected chi connectivity index (χ3v) is 6.01. The maximum absolute atomic E-state index is 13.2. The molecule has 1 aromatic heterocycles. The van der Waals surface area contributed by atoms with Gasteiger partial charge in [0.2, 0.25) is 0 Å². The number of nitrogens with one attached hydrogen (secondary N) is 1. The molecule has 0 fully saturated rings. The Morgan fingerprint density at radius 2 is 1.89 bits per heavy atom. The number of benzene rings is 2. The number of nitrogens with two attached hydrogens (primary N) is 1. The minimum absolute atomic E-state index is 0.125. The second-order valence-electron chi connectivity index (χ2n) is 10.2. The van der Waals surface area contributed by atoms with E-state index < -0.39 is 11.6 Å². The molecule has 7 nitrogen and oxygen atoms in total. The topological polar surface area (TPSA) is 97.8 Å². The summed E-state index contributed by atoms with van der Waals surface area (Å²) in [6.45, 7) is 9.43. The summed E-state index contributed by atoms with van der Waals surface area (Å²) in [6.07, 6.45) is 7.13. The van der Waals surface area contributed by atoms with Gasteiger partial charge in [0.05, 0.1) is 22.7 Å². The van der Waals surface area contributed by atoms with Crippen LogP contribution in [0.4, 0.5) is 5.69 Å². The van der Waals surface area contributed by atoms with Crippen molar-refractivity contribution in [3.05, 3.63) is 105 Å². The molecule has 2 heterocycles. The summed E-state index contributed by atoms with van der Waals surface area (Å²) in [5, 5.41) is 3.93. The van der Waals surface area contributed by atoms with Gasteiger partial charge < -0.3 is 25.1 Å². The molecule has 1 unspecified atom stereocenters. The Morgan fingerprint density at radius 1 is 1.16 bits per heavy atom. The molecule has 192 valence electrons. The summed E-state index contributed by atoms with van der Waals surface area (Å²) in [7, 11) is 1.88. The quantitative estimate of drug-likeness (QED) is 0.424. The number of para-hydroxylation sites is 1. The molecule has 0 bridgehead atoms. The van der Waals surface area contributed by atoms with Crippen molar-refractivity contribution in [2.75, 3.05) is 12.4 Å². The average molecular weight is 500 g/mol. The zero-order valence-corrected chi connectivity index (χ0v) is 22.1. The van der Waals surface area contributed by atoms with E-state index in [0.29, 0.717) is 28.0 Å². The Labute approximate surface area is 216 Å². The lowest BCUT2D eigenvalue weighted by Gasteiger charge is -2.23. The number of carbonyl (C=O) groups excluding carboxylic acids is 1. The number of likely N-dealkylation sites (N-methyl/N-ethyl adjacent to an activating group) is 1. The van der Waals surface area contributed by atoms with Crippen LogP contribution in [0.25, 0.3) is 16.5 Å². The van der Waals surface area contributed by atoms with Gasteiger partial charge in [-0.05, 0) is 70.5 Å². The van der Waals surface area contributed by atoms with Crippen LogP contribution in [-0.4, -0.2) is 23.5 Å². The van der Waals surface area contributed by atoms with E-state index in [0.717, 1.165) is 22.4 Å². The number of aryl methyl sites for hydroxylation is 1. The SMILES string of the molecule is Cc1cc(C(C)Nc2ccccc2C(=O)OC(C)(C)C)c2oc(C3=CN(C)/C(=C\N)C=C3)cc(=O)c2c1. The molecular formula is C30H33N3O4. The lowest BCUT2D eigenvalue weighted by Crippen LogP contribution is -2.24. The average Bonchev–Trinajstić information content (AvgIpc) is 2.83. The first-order valence-corrected chi connectivity index (χ1v) is 12.2. The van der Waals surface area contributed by atoms with E-state index in [4.69, 9.17) is 14.9 Å². The molecule has 37 heavy (non-hydrogen) atoms. The van der Waals surface area contributed by atoms with Crippen LogP contribution >= 0.6 is 0 Å². The maximum atomic E-state index is 13.2. The van der Waals surface area contributed by atoms with Crippen LogP contribution in [0.2, 0.25) is 0 Å². The van der Waals surface area contributed by atoms with Gasteiger partial charge in [-0.1, -0.05) is 18.2 Å². The zero-order valence-electron chi connectivity index (χ0n) is 22.1. The number of allylic oxidation sites excluding steroid dienone is 3. The van der Waals surface area contributed by atoms with E-state index in [1.54, 1.807) is 12.1 Å². The van der Waals surface area contributed by atoms with Crippen LogP contribution in [-0.2, 0) is 4.74 Å².